The third-order valence-corrected chi connectivity index (χ3v) is 6.15. The van der Waals surface area contributed by atoms with E-state index in [0.29, 0.717) is 6.54 Å². The van der Waals surface area contributed by atoms with E-state index in [4.69, 9.17) is 0 Å². The molecule has 1 aromatic rings. The minimum absolute atomic E-state index is 0.114. The summed E-state index contributed by atoms with van der Waals surface area (Å²) in [7, 11) is 0. The number of hydrogen-bond acceptors (Lipinski definition) is 3. The number of carbonyl (C=O) groups excluding carboxylic acids is 2. The molecule has 1 aliphatic heterocycles. The van der Waals surface area contributed by atoms with Gasteiger partial charge in [-0.3, -0.25) is 9.59 Å². The maximum atomic E-state index is 13.0. The van der Waals surface area contributed by atoms with Crippen molar-refractivity contribution in [3.05, 3.63) is 24.3 Å². The summed E-state index contributed by atoms with van der Waals surface area (Å²) in [5.41, 5.74) is 0.910. The van der Waals surface area contributed by atoms with E-state index in [1.54, 1.807) is 11.8 Å². The quantitative estimate of drug-likeness (QED) is 0.864. The van der Waals surface area contributed by atoms with Crippen LogP contribution in [-0.2, 0) is 9.59 Å². The SMILES string of the molecule is CCN1C(=O)C(C)(C(=O)NC2CCCCC2)Sc2ccccc21. The van der Waals surface area contributed by atoms with Crippen molar-refractivity contribution in [3.63, 3.8) is 0 Å². The van der Waals surface area contributed by atoms with Crippen molar-refractivity contribution in [3.8, 4) is 0 Å². The topological polar surface area (TPSA) is 49.4 Å². The van der Waals surface area contributed by atoms with Crippen LogP contribution >= 0.6 is 11.8 Å². The lowest BCUT2D eigenvalue weighted by Crippen LogP contribution is -2.58. The summed E-state index contributed by atoms with van der Waals surface area (Å²) in [4.78, 5) is 28.6. The van der Waals surface area contributed by atoms with Gasteiger partial charge in [0.15, 0.2) is 4.75 Å². The summed E-state index contributed by atoms with van der Waals surface area (Å²) in [6, 6.07) is 8.03. The van der Waals surface area contributed by atoms with Gasteiger partial charge in [0.2, 0.25) is 5.91 Å². The monoisotopic (exact) mass is 332 g/mol. The first-order chi connectivity index (χ1) is 11.1. The van der Waals surface area contributed by atoms with Gasteiger partial charge in [0, 0.05) is 17.5 Å². The molecule has 1 saturated carbocycles. The van der Waals surface area contributed by atoms with E-state index in [9.17, 15) is 9.59 Å². The predicted molar refractivity (Wildman–Crippen MR) is 93.7 cm³/mol. The van der Waals surface area contributed by atoms with Crippen molar-refractivity contribution in [2.75, 3.05) is 11.4 Å². The van der Waals surface area contributed by atoms with Gasteiger partial charge in [0.25, 0.3) is 5.91 Å². The molecule has 0 bridgehead atoms. The molecule has 4 nitrogen and oxygen atoms in total. The molecule has 0 saturated heterocycles. The van der Waals surface area contributed by atoms with Gasteiger partial charge in [-0.15, -0.1) is 0 Å². The van der Waals surface area contributed by atoms with Crippen LogP contribution in [0.15, 0.2) is 29.2 Å². The van der Waals surface area contributed by atoms with Crippen LogP contribution in [0.25, 0.3) is 0 Å². The molecule has 124 valence electrons. The smallest absolute Gasteiger partial charge is 0.252 e. The van der Waals surface area contributed by atoms with E-state index in [1.807, 2.05) is 31.2 Å². The van der Waals surface area contributed by atoms with E-state index < -0.39 is 4.75 Å². The largest absolute Gasteiger partial charge is 0.352 e. The number of anilines is 1. The van der Waals surface area contributed by atoms with Crippen molar-refractivity contribution in [2.45, 2.75) is 61.6 Å². The predicted octanol–water partition coefficient (Wildman–Crippen LogP) is 3.35. The molecular formula is C18H24N2O2S. The Balaban J connectivity index is 1.85. The summed E-state index contributed by atoms with van der Waals surface area (Å²) in [5, 5.41) is 3.13. The maximum absolute atomic E-state index is 13.0. The Morgan fingerprint density at radius 3 is 2.70 bits per heavy atom. The highest BCUT2D eigenvalue weighted by molar-refractivity contribution is 8.02. The van der Waals surface area contributed by atoms with Gasteiger partial charge in [0.1, 0.15) is 0 Å². The number of fused-ring (bicyclic) bond motifs is 1. The fourth-order valence-electron chi connectivity index (χ4n) is 3.42. The Labute approximate surface area is 142 Å². The molecule has 1 heterocycles. The molecule has 1 aromatic carbocycles. The average molecular weight is 332 g/mol. The number of benzene rings is 1. The second-order valence-corrected chi connectivity index (χ2v) is 7.92. The number of hydrogen-bond donors (Lipinski definition) is 1. The first kappa shape index (κ1) is 16.4. The van der Waals surface area contributed by atoms with Gasteiger partial charge in [0.05, 0.1) is 5.69 Å². The number of thioether (sulfide) groups is 1. The van der Waals surface area contributed by atoms with Crippen molar-refractivity contribution >= 4 is 29.3 Å². The van der Waals surface area contributed by atoms with E-state index in [-0.39, 0.29) is 17.9 Å². The van der Waals surface area contributed by atoms with Crippen LogP contribution < -0.4 is 10.2 Å². The van der Waals surface area contributed by atoms with Gasteiger partial charge in [-0.1, -0.05) is 43.2 Å². The molecule has 2 aliphatic rings. The molecule has 23 heavy (non-hydrogen) atoms. The first-order valence-corrected chi connectivity index (χ1v) is 9.29. The maximum Gasteiger partial charge on any atom is 0.252 e. The van der Waals surface area contributed by atoms with Crippen LogP contribution in [0.1, 0.15) is 46.0 Å². The normalized spacial score (nSPS) is 25.1. The first-order valence-electron chi connectivity index (χ1n) is 8.47. The van der Waals surface area contributed by atoms with Crippen LogP contribution in [-0.4, -0.2) is 29.1 Å². The average Bonchev–Trinajstić information content (AvgIpc) is 2.57. The van der Waals surface area contributed by atoms with Crippen molar-refractivity contribution in [2.24, 2.45) is 0 Å². The Kier molecular flexibility index (Phi) is 4.67. The number of carbonyl (C=O) groups is 2. The van der Waals surface area contributed by atoms with Gasteiger partial charge in [-0.05, 0) is 38.8 Å². The van der Waals surface area contributed by atoms with Crippen LogP contribution in [0.2, 0.25) is 0 Å². The highest BCUT2D eigenvalue weighted by Gasteiger charge is 2.49. The van der Waals surface area contributed by atoms with Crippen LogP contribution in [0, 0.1) is 0 Å². The van der Waals surface area contributed by atoms with E-state index in [2.05, 4.69) is 5.32 Å². The van der Waals surface area contributed by atoms with Crippen LogP contribution in [0.5, 0.6) is 0 Å². The van der Waals surface area contributed by atoms with Crippen LogP contribution in [0.4, 0.5) is 5.69 Å². The molecule has 1 unspecified atom stereocenters. The zero-order valence-corrected chi connectivity index (χ0v) is 14.6. The number of nitrogens with zero attached hydrogens (tertiary/aromatic N) is 1. The fraction of sp³-hybridized carbons (Fsp3) is 0.556. The molecule has 0 radical (unpaired) electrons. The third-order valence-electron chi connectivity index (χ3n) is 4.81. The lowest BCUT2D eigenvalue weighted by molar-refractivity contribution is -0.131. The Morgan fingerprint density at radius 2 is 2.00 bits per heavy atom. The summed E-state index contributed by atoms with van der Waals surface area (Å²) in [5.74, 6) is -0.260. The Hall–Kier alpha value is -1.49. The number of nitrogens with one attached hydrogen (secondary N) is 1. The molecule has 1 aliphatic carbocycles. The summed E-state index contributed by atoms with van der Waals surface area (Å²) >= 11 is 1.38. The fourth-order valence-corrected chi connectivity index (χ4v) is 4.64. The van der Waals surface area contributed by atoms with Crippen molar-refractivity contribution < 1.29 is 9.59 Å². The second kappa shape index (κ2) is 6.56. The van der Waals surface area contributed by atoms with Gasteiger partial charge < -0.3 is 10.2 Å². The third kappa shape index (κ3) is 2.99. The molecule has 1 fully saturated rings. The lowest BCUT2D eigenvalue weighted by atomic mass is 9.94. The van der Waals surface area contributed by atoms with Crippen molar-refractivity contribution in [1.82, 2.24) is 5.32 Å². The molecule has 5 heteroatoms. The summed E-state index contributed by atoms with van der Waals surface area (Å²) in [6.07, 6.45) is 5.61. The number of rotatable bonds is 3. The van der Waals surface area contributed by atoms with Crippen LogP contribution in [0.3, 0.4) is 0 Å². The van der Waals surface area contributed by atoms with Gasteiger partial charge in [-0.2, -0.15) is 0 Å². The summed E-state index contributed by atoms with van der Waals surface area (Å²) in [6.45, 7) is 4.28. The molecule has 1 atom stereocenters. The minimum Gasteiger partial charge on any atom is -0.352 e. The highest BCUT2D eigenvalue weighted by Crippen LogP contribution is 2.45. The molecular weight excluding hydrogens is 308 g/mol. The lowest BCUT2D eigenvalue weighted by Gasteiger charge is -2.39. The van der Waals surface area contributed by atoms with E-state index in [0.717, 1.165) is 36.3 Å². The molecule has 0 spiro atoms. The van der Waals surface area contributed by atoms with E-state index >= 15 is 0 Å². The summed E-state index contributed by atoms with van der Waals surface area (Å²) < 4.78 is -1.08. The molecule has 2 amide bonds. The Bertz CT molecular complexity index is 613. The molecule has 1 N–H and O–H groups in total. The molecule has 0 aromatic heterocycles. The van der Waals surface area contributed by atoms with Crippen molar-refractivity contribution in [1.29, 1.82) is 0 Å². The second-order valence-electron chi connectivity index (χ2n) is 6.46. The van der Waals surface area contributed by atoms with Gasteiger partial charge in [-0.25, -0.2) is 0 Å². The Morgan fingerprint density at radius 1 is 1.30 bits per heavy atom. The number of para-hydroxylation sites is 1. The van der Waals surface area contributed by atoms with E-state index in [1.165, 1.54) is 18.2 Å². The number of amides is 2. The zero-order chi connectivity index (χ0) is 16.4. The molecule has 3 rings (SSSR count). The zero-order valence-electron chi connectivity index (χ0n) is 13.8. The minimum atomic E-state index is -1.08. The standard InChI is InChI=1S/C18H24N2O2S/c1-3-20-14-11-7-8-12-15(14)23-18(2,17(20)22)16(21)19-13-9-5-4-6-10-13/h7-8,11-13H,3-6,9-10H2,1-2H3,(H,19,21). The highest BCUT2D eigenvalue weighted by atomic mass is 32.2. The van der Waals surface area contributed by atoms with Gasteiger partial charge >= 0.3 is 0 Å².